The highest BCUT2D eigenvalue weighted by atomic mass is 19.1. The summed E-state index contributed by atoms with van der Waals surface area (Å²) in [6.07, 6.45) is -0.830. The number of hydrogen-bond donors (Lipinski definition) is 1. The summed E-state index contributed by atoms with van der Waals surface area (Å²) in [4.78, 5) is 22.4. The molecule has 1 amide bonds. The molecule has 0 aliphatic carbocycles. The Kier molecular flexibility index (Phi) is 4.89. The van der Waals surface area contributed by atoms with Crippen molar-refractivity contribution >= 4 is 17.4 Å². The largest absolute Gasteiger partial charge is 0.473 e. The minimum absolute atomic E-state index is 0.197. The Labute approximate surface area is 130 Å². The van der Waals surface area contributed by atoms with Crippen LogP contribution >= 0.6 is 0 Å². The number of halogens is 1. The Morgan fingerprint density at radius 1 is 1.52 bits per heavy atom. The van der Waals surface area contributed by atoms with Gasteiger partial charge in [-0.1, -0.05) is 12.1 Å². The second kappa shape index (κ2) is 6.86. The molecule has 0 aliphatic rings. The van der Waals surface area contributed by atoms with Gasteiger partial charge >= 0.3 is 5.69 Å². The molecular weight excluding hydrogens is 309 g/mol. The lowest BCUT2D eigenvalue weighted by atomic mass is 10.2. The number of ether oxygens (including phenoxy) is 1. The maximum Gasteiger partial charge on any atom is 0.311 e. The van der Waals surface area contributed by atoms with E-state index in [1.54, 1.807) is 13.8 Å². The van der Waals surface area contributed by atoms with Crippen molar-refractivity contribution in [3.63, 3.8) is 0 Å². The fourth-order valence-electron chi connectivity index (χ4n) is 1.84. The van der Waals surface area contributed by atoms with E-state index in [1.807, 2.05) is 0 Å². The van der Waals surface area contributed by atoms with Crippen LogP contribution in [0.2, 0.25) is 0 Å². The van der Waals surface area contributed by atoms with Gasteiger partial charge in [-0.3, -0.25) is 14.9 Å². The van der Waals surface area contributed by atoms with E-state index in [4.69, 9.17) is 9.26 Å². The topological polar surface area (TPSA) is 108 Å². The molecule has 1 N–H and O–H groups in total. The minimum Gasteiger partial charge on any atom is -0.473 e. The van der Waals surface area contributed by atoms with Gasteiger partial charge in [0.15, 0.2) is 11.9 Å². The molecule has 23 heavy (non-hydrogen) atoms. The molecular formula is C14H14FN3O5. The highest BCUT2D eigenvalue weighted by Crippen LogP contribution is 2.29. The lowest BCUT2D eigenvalue weighted by Gasteiger charge is -2.16. The first-order chi connectivity index (χ1) is 10.9. The van der Waals surface area contributed by atoms with Crippen LogP contribution in [0, 0.1) is 22.9 Å². The fourth-order valence-corrected chi connectivity index (χ4v) is 1.84. The van der Waals surface area contributed by atoms with Gasteiger partial charge in [-0.25, -0.2) is 4.39 Å². The molecule has 2 rings (SSSR count). The summed E-state index contributed by atoms with van der Waals surface area (Å²) in [5, 5.41) is 17.0. The van der Waals surface area contributed by atoms with E-state index in [-0.39, 0.29) is 18.0 Å². The van der Waals surface area contributed by atoms with E-state index in [2.05, 4.69) is 10.5 Å². The zero-order chi connectivity index (χ0) is 17.0. The van der Waals surface area contributed by atoms with Crippen LogP contribution in [0.1, 0.15) is 19.1 Å². The molecule has 0 spiro atoms. The van der Waals surface area contributed by atoms with Gasteiger partial charge < -0.3 is 14.6 Å². The first kappa shape index (κ1) is 16.4. The number of benzene rings is 1. The highest BCUT2D eigenvalue weighted by Gasteiger charge is 2.24. The van der Waals surface area contributed by atoms with E-state index in [0.29, 0.717) is 5.76 Å². The highest BCUT2D eigenvalue weighted by molar-refractivity contribution is 5.93. The van der Waals surface area contributed by atoms with Crippen molar-refractivity contribution in [2.75, 3.05) is 5.32 Å². The number of hydrogen-bond acceptors (Lipinski definition) is 6. The van der Waals surface area contributed by atoms with Gasteiger partial charge in [0, 0.05) is 18.2 Å². The zero-order valence-corrected chi connectivity index (χ0v) is 12.4. The summed E-state index contributed by atoms with van der Waals surface area (Å²) in [5.41, 5.74) is -0.421. The summed E-state index contributed by atoms with van der Waals surface area (Å²) < 4.78 is 23.4. The lowest BCUT2D eigenvalue weighted by Crippen LogP contribution is -2.32. The van der Waals surface area contributed by atoms with E-state index >= 15 is 0 Å². The summed E-state index contributed by atoms with van der Waals surface area (Å²) in [5.74, 6) is -0.876. The van der Waals surface area contributed by atoms with Crippen molar-refractivity contribution in [3.05, 3.63) is 46.0 Å². The van der Waals surface area contributed by atoms with E-state index in [0.717, 1.165) is 18.2 Å². The van der Waals surface area contributed by atoms with Gasteiger partial charge in [0.25, 0.3) is 5.91 Å². The van der Waals surface area contributed by atoms with Crippen LogP contribution in [0.5, 0.6) is 5.75 Å². The van der Waals surface area contributed by atoms with E-state index in [1.165, 1.54) is 6.07 Å². The van der Waals surface area contributed by atoms with Gasteiger partial charge in [0.05, 0.1) is 4.92 Å². The molecule has 0 fully saturated rings. The number of nitrogens with one attached hydrogen (secondary N) is 1. The van der Waals surface area contributed by atoms with Crippen LogP contribution < -0.4 is 10.1 Å². The second-order valence-electron chi connectivity index (χ2n) is 4.70. The number of carbonyl (C=O) groups is 1. The predicted octanol–water partition coefficient (Wildman–Crippen LogP) is 2.83. The molecule has 9 heteroatoms. The molecule has 0 saturated heterocycles. The SMILES string of the molecule is CC[C@H](Oc1cc(F)ccc1[N+](=O)[O-])C(=O)Nc1cc(C)on1. The molecule has 2 aromatic rings. The quantitative estimate of drug-likeness (QED) is 0.647. The first-order valence-corrected chi connectivity index (χ1v) is 6.75. The Balaban J connectivity index is 2.17. The van der Waals surface area contributed by atoms with Gasteiger partial charge in [-0.15, -0.1) is 0 Å². The van der Waals surface area contributed by atoms with Crippen molar-refractivity contribution in [1.82, 2.24) is 5.16 Å². The average molecular weight is 323 g/mol. The number of nitrogens with zero attached hydrogens (tertiary/aromatic N) is 2. The molecule has 8 nitrogen and oxygen atoms in total. The van der Waals surface area contributed by atoms with Gasteiger partial charge in [0.1, 0.15) is 11.6 Å². The Hall–Kier alpha value is -2.97. The Morgan fingerprint density at radius 3 is 2.83 bits per heavy atom. The molecule has 0 saturated carbocycles. The first-order valence-electron chi connectivity index (χ1n) is 6.75. The van der Waals surface area contributed by atoms with Crippen molar-refractivity contribution in [2.45, 2.75) is 26.4 Å². The summed E-state index contributed by atoms with van der Waals surface area (Å²) in [6.45, 7) is 3.32. The zero-order valence-electron chi connectivity index (χ0n) is 12.4. The molecule has 122 valence electrons. The number of rotatable bonds is 6. The molecule has 0 unspecified atom stereocenters. The van der Waals surface area contributed by atoms with Crippen LogP contribution in [-0.2, 0) is 4.79 Å². The summed E-state index contributed by atoms with van der Waals surface area (Å²) >= 11 is 0. The molecule has 1 heterocycles. The minimum atomic E-state index is -1.05. The number of nitro groups is 1. The maximum absolute atomic E-state index is 13.3. The molecule has 1 aromatic carbocycles. The van der Waals surface area contributed by atoms with Crippen molar-refractivity contribution in [3.8, 4) is 5.75 Å². The Morgan fingerprint density at radius 2 is 2.26 bits per heavy atom. The van der Waals surface area contributed by atoms with Crippen molar-refractivity contribution in [2.24, 2.45) is 0 Å². The van der Waals surface area contributed by atoms with Crippen molar-refractivity contribution < 1.29 is 23.4 Å². The molecule has 1 atom stereocenters. The number of carbonyl (C=O) groups excluding carboxylic acids is 1. The van der Waals surface area contributed by atoms with Crippen LogP contribution in [0.4, 0.5) is 15.9 Å². The van der Waals surface area contributed by atoms with Crippen LogP contribution in [0.3, 0.4) is 0 Å². The third-order valence-corrected chi connectivity index (χ3v) is 2.93. The second-order valence-corrected chi connectivity index (χ2v) is 4.70. The van der Waals surface area contributed by atoms with Crippen LogP contribution in [-0.4, -0.2) is 22.1 Å². The molecule has 0 bridgehead atoms. The number of aryl methyl sites for hydroxylation is 1. The molecule has 0 aliphatic heterocycles. The molecule has 0 radical (unpaired) electrons. The number of amides is 1. The van der Waals surface area contributed by atoms with Gasteiger partial charge in [-0.05, 0) is 19.4 Å². The smallest absolute Gasteiger partial charge is 0.311 e. The fraction of sp³-hybridized carbons (Fsp3) is 0.286. The summed E-state index contributed by atoms with van der Waals surface area (Å²) in [7, 11) is 0. The number of aromatic nitrogens is 1. The third kappa shape index (κ3) is 4.02. The number of nitro benzene ring substituents is 1. The predicted molar refractivity (Wildman–Crippen MR) is 77.6 cm³/mol. The van der Waals surface area contributed by atoms with Gasteiger partial charge in [0.2, 0.25) is 5.75 Å². The molecule has 1 aromatic heterocycles. The monoisotopic (exact) mass is 323 g/mol. The number of anilines is 1. The van der Waals surface area contributed by atoms with Crippen LogP contribution in [0.15, 0.2) is 28.8 Å². The summed E-state index contributed by atoms with van der Waals surface area (Å²) in [6, 6.07) is 4.31. The maximum atomic E-state index is 13.3. The van der Waals surface area contributed by atoms with Crippen LogP contribution in [0.25, 0.3) is 0 Å². The normalized spacial score (nSPS) is 11.8. The standard InChI is InChI=1S/C14H14FN3O5/c1-3-11(14(19)16-13-6-8(2)23-17-13)22-12-7-9(15)4-5-10(12)18(20)21/h4-7,11H,3H2,1-2H3,(H,16,17,19)/t11-/m0/s1. The van der Waals surface area contributed by atoms with Gasteiger partial charge in [-0.2, -0.15) is 0 Å². The Bertz CT molecular complexity index is 731. The van der Waals surface area contributed by atoms with Crippen molar-refractivity contribution in [1.29, 1.82) is 0 Å². The van der Waals surface area contributed by atoms with E-state index < -0.39 is 28.4 Å². The lowest BCUT2D eigenvalue weighted by molar-refractivity contribution is -0.386. The van der Waals surface area contributed by atoms with E-state index in [9.17, 15) is 19.3 Å². The average Bonchev–Trinajstić information content (AvgIpc) is 2.89. The third-order valence-electron chi connectivity index (χ3n) is 2.93.